The number of carbonyl (C=O) groups is 1. The lowest BCUT2D eigenvalue weighted by molar-refractivity contribution is 0.0690. The van der Waals surface area contributed by atoms with Gasteiger partial charge in [0.2, 0.25) is 0 Å². The molecule has 0 bridgehead atoms. The predicted octanol–water partition coefficient (Wildman–Crippen LogP) is 0.581. The second-order valence-electron chi connectivity index (χ2n) is 2.98. The number of aromatic carboxylic acids is 1. The molecule has 0 saturated heterocycles. The van der Waals surface area contributed by atoms with E-state index in [1.54, 1.807) is 4.90 Å². The van der Waals surface area contributed by atoms with Crippen LogP contribution in [0.25, 0.3) is 0 Å². The van der Waals surface area contributed by atoms with Gasteiger partial charge in [-0.1, -0.05) is 0 Å². The number of nitrogens with zero attached hydrogens (tertiary/aromatic N) is 2. The van der Waals surface area contributed by atoms with Crippen molar-refractivity contribution in [3.05, 3.63) is 12.0 Å². The summed E-state index contributed by atoms with van der Waals surface area (Å²) >= 11 is 0. The Morgan fingerprint density at radius 1 is 1.67 bits per heavy atom. The first-order chi connectivity index (χ1) is 7.19. The summed E-state index contributed by atoms with van der Waals surface area (Å²) in [6.07, 6.45) is 1.71. The van der Waals surface area contributed by atoms with E-state index in [9.17, 15) is 4.79 Å². The van der Waals surface area contributed by atoms with Gasteiger partial charge in [0.1, 0.15) is 6.26 Å². The van der Waals surface area contributed by atoms with Crippen molar-refractivity contribution in [2.75, 3.05) is 24.6 Å². The summed E-state index contributed by atoms with van der Waals surface area (Å²) in [7, 11) is 0. The van der Waals surface area contributed by atoms with Gasteiger partial charge in [-0.15, -0.1) is 0 Å². The Labute approximate surface area is 87.1 Å². The number of aliphatic hydroxyl groups is 1. The van der Waals surface area contributed by atoms with Crippen molar-refractivity contribution in [3.63, 3.8) is 0 Å². The number of carboxylic acids is 1. The van der Waals surface area contributed by atoms with Crippen LogP contribution in [-0.4, -0.2) is 40.9 Å². The van der Waals surface area contributed by atoms with Gasteiger partial charge in [0.25, 0.3) is 6.01 Å². The van der Waals surface area contributed by atoms with Crippen molar-refractivity contribution in [1.29, 1.82) is 0 Å². The third-order valence-corrected chi connectivity index (χ3v) is 1.95. The molecule has 1 aromatic rings. The molecule has 0 spiro atoms. The first-order valence-electron chi connectivity index (χ1n) is 4.73. The average molecular weight is 214 g/mol. The molecule has 0 aliphatic heterocycles. The molecule has 6 nitrogen and oxygen atoms in total. The number of oxazole rings is 1. The van der Waals surface area contributed by atoms with Gasteiger partial charge in [0.15, 0.2) is 5.69 Å². The van der Waals surface area contributed by atoms with Gasteiger partial charge in [-0.3, -0.25) is 0 Å². The van der Waals surface area contributed by atoms with Crippen LogP contribution in [-0.2, 0) is 0 Å². The topological polar surface area (TPSA) is 86.8 Å². The van der Waals surface area contributed by atoms with E-state index in [0.717, 1.165) is 6.26 Å². The standard InChI is InChI=1S/C9H14N2O4/c1-2-11(4-3-5-12)9-10-7(6-15-9)8(13)14/h6,12H,2-5H2,1H3,(H,13,14). The van der Waals surface area contributed by atoms with Crippen LogP contribution in [0.3, 0.4) is 0 Å². The van der Waals surface area contributed by atoms with Gasteiger partial charge in [-0.05, 0) is 13.3 Å². The lowest BCUT2D eigenvalue weighted by Crippen LogP contribution is -2.25. The predicted molar refractivity (Wildman–Crippen MR) is 53.1 cm³/mol. The van der Waals surface area contributed by atoms with E-state index < -0.39 is 5.97 Å². The van der Waals surface area contributed by atoms with Crippen molar-refractivity contribution in [2.45, 2.75) is 13.3 Å². The van der Waals surface area contributed by atoms with Crippen molar-refractivity contribution in [1.82, 2.24) is 4.98 Å². The molecular formula is C9H14N2O4. The minimum absolute atomic E-state index is 0.0863. The maximum Gasteiger partial charge on any atom is 0.357 e. The summed E-state index contributed by atoms with van der Waals surface area (Å²) in [6.45, 7) is 3.23. The second kappa shape index (κ2) is 5.35. The normalized spacial score (nSPS) is 10.3. The molecule has 0 aromatic carbocycles. The largest absolute Gasteiger partial charge is 0.476 e. The number of rotatable bonds is 6. The molecule has 15 heavy (non-hydrogen) atoms. The van der Waals surface area contributed by atoms with E-state index in [1.807, 2.05) is 6.92 Å². The summed E-state index contributed by atoms with van der Waals surface area (Å²) in [5, 5.41) is 17.3. The van der Waals surface area contributed by atoms with Crippen molar-refractivity contribution >= 4 is 12.0 Å². The van der Waals surface area contributed by atoms with E-state index >= 15 is 0 Å². The van der Waals surface area contributed by atoms with E-state index in [2.05, 4.69) is 4.98 Å². The van der Waals surface area contributed by atoms with Crippen molar-refractivity contribution < 1.29 is 19.4 Å². The fourth-order valence-corrected chi connectivity index (χ4v) is 1.16. The maximum absolute atomic E-state index is 10.6. The van der Waals surface area contributed by atoms with Crippen LogP contribution < -0.4 is 4.90 Å². The molecule has 1 aromatic heterocycles. The molecule has 0 radical (unpaired) electrons. The van der Waals surface area contributed by atoms with Crippen molar-refractivity contribution in [3.8, 4) is 0 Å². The number of hydrogen-bond donors (Lipinski definition) is 2. The Morgan fingerprint density at radius 2 is 2.40 bits per heavy atom. The fourth-order valence-electron chi connectivity index (χ4n) is 1.16. The molecule has 0 saturated carbocycles. The van der Waals surface area contributed by atoms with Crippen LogP contribution in [0, 0.1) is 0 Å². The number of carboxylic acid groups (broad SMARTS) is 1. The molecular weight excluding hydrogens is 200 g/mol. The molecule has 0 aliphatic rings. The van der Waals surface area contributed by atoms with E-state index in [0.29, 0.717) is 19.5 Å². The molecule has 0 amide bonds. The van der Waals surface area contributed by atoms with Gasteiger partial charge in [-0.25, -0.2) is 4.79 Å². The number of aliphatic hydroxyl groups excluding tert-OH is 1. The van der Waals surface area contributed by atoms with Gasteiger partial charge in [0, 0.05) is 19.7 Å². The summed E-state index contributed by atoms with van der Waals surface area (Å²) in [4.78, 5) is 16.1. The first kappa shape index (κ1) is 11.5. The highest BCUT2D eigenvalue weighted by atomic mass is 16.4. The lowest BCUT2D eigenvalue weighted by atomic mass is 10.4. The summed E-state index contributed by atoms with van der Waals surface area (Å²) in [6, 6.07) is 0.281. The van der Waals surface area contributed by atoms with Crippen LogP contribution >= 0.6 is 0 Å². The Kier molecular flexibility index (Phi) is 4.11. The highest BCUT2D eigenvalue weighted by Crippen LogP contribution is 2.13. The monoisotopic (exact) mass is 214 g/mol. The first-order valence-corrected chi connectivity index (χ1v) is 4.73. The van der Waals surface area contributed by atoms with E-state index in [-0.39, 0.29) is 18.3 Å². The molecule has 0 atom stereocenters. The zero-order valence-electron chi connectivity index (χ0n) is 8.51. The molecule has 0 unspecified atom stereocenters. The van der Waals surface area contributed by atoms with E-state index in [1.165, 1.54) is 0 Å². The third kappa shape index (κ3) is 2.95. The third-order valence-electron chi connectivity index (χ3n) is 1.95. The second-order valence-corrected chi connectivity index (χ2v) is 2.98. The van der Waals surface area contributed by atoms with Crippen LogP contribution in [0.5, 0.6) is 0 Å². The highest BCUT2D eigenvalue weighted by molar-refractivity contribution is 5.85. The molecule has 84 valence electrons. The van der Waals surface area contributed by atoms with Gasteiger partial charge in [0.05, 0.1) is 0 Å². The Hall–Kier alpha value is -1.56. The number of anilines is 1. The van der Waals surface area contributed by atoms with Gasteiger partial charge in [-0.2, -0.15) is 4.98 Å². The molecule has 0 fully saturated rings. The van der Waals surface area contributed by atoms with E-state index in [4.69, 9.17) is 14.6 Å². The minimum Gasteiger partial charge on any atom is -0.476 e. The van der Waals surface area contributed by atoms with Crippen molar-refractivity contribution in [2.24, 2.45) is 0 Å². The Bertz CT molecular complexity index is 324. The molecule has 0 aliphatic carbocycles. The SMILES string of the molecule is CCN(CCCO)c1nc(C(=O)O)co1. The summed E-state index contributed by atoms with van der Waals surface area (Å²) in [5.74, 6) is -1.11. The number of hydrogen-bond acceptors (Lipinski definition) is 5. The maximum atomic E-state index is 10.6. The van der Waals surface area contributed by atoms with Crippen LogP contribution in [0.15, 0.2) is 10.7 Å². The average Bonchev–Trinajstić information content (AvgIpc) is 2.68. The lowest BCUT2D eigenvalue weighted by Gasteiger charge is -2.17. The summed E-state index contributed by atoms with van der Waals surface area (Å²) in [5.41, 5.74) is -0.104. The molecule has 6 heteroatoms. The van der Waals surface area contributed by atoms with Gasteiger partial charge >= 0.3 is 5.97 Å². The minimum atomic E-state index is -1.11. The molecule has 1 heterocycles. The smallest absolute Gasteiger partial charge is 0.357 e. The summed E-state index contributed by atoms with van der Waals surface area (Å²) < 4.78 is 5.03. The Balaban J connectivity index is 2.69. The zero-order valence-corrected chi connectivity index (χ0v) is 8.51. The zero-order chi connectivity index (χ0) is 11.3. The fraction of sp³-hybridized carbons (Fsp3) is 0.556. The van der Waals surface area contributed by atoms with Gasteiger partial charge < -0.3 is 19.5 Å². The molecule has 1 rings (SSSR count). The molecule has 2 N–H and O–H groups in total. The highest BCUT2D eigenvalue weighted by Gasteiger charge is 2.14. The Morgan fingerprint density at radius 3 is 2.87 bits per heavy atom. The van der Waals surface area contributed by atoms with Crippen LogP contribution in [0.4, 0.5) is 6.01 Å². The quantitative estimate of drug-likeness (QED) is 0.720. The number of aromatic nitrogens is 1. The van der Waals surface area contributed by atoms with Crippen LogP contribution in [0.2, 0.25) is 0 Å². The van der Waals surface area contributed by atoms with Crippen LogP contribution in [0.1, 0.15) is 23.8 Å².